The first-order valence-electron chi connectivity index (χ1n) is 11.9. The third-order valence-electron chi connectivity index (χ3n) is 6.70. The summed E-state index contributed by atoms with van der Waals surface area (Å²) in [6.45, 7) is 4.46. The van der Waals surface area contributed by atoms with Crippen LogP contribution in [0, 0.1) is 0 Å². The first kappa shape index (κ1) is 20.5. The predicted molar refractivity (Wildman–Crippen MR) is 144 cm³/mol. The van der Waals surface area contributed by atoms with Crippen molar-refractivity contribution < 1.29 is 4.42 Å². The van der Waals surface area contributed by atoms with Crippen molar-refractivity contribution in [1.29, 1.82) is 0 Å². The van der Waals surface area contributed by atoms with E-state index in [2.05, 4.69) is 117 Å². The van der Waals surface area contributed by atoms with Gasteiger partial charge in [0.25, 0.3) is 0 Å². The second-order valence-corrected chi connectivity index (χ2v) is 9.24. The van der Waals surface area contributed by atoms with Crippen LogP contribution in [0.3, 0.4) is 0 Å². The zero-order valence-electron chi connectivity index (χ0n) is 19.5. The van der Waals surface area contributed by atoms with Gasteiger partial charge in [0.05, 0.1) is 0 Å². The Labute approximate surface area is 200 Å². The molecule has 0 saturated carbocycles. The monoisotopic (exact) mass is 438 g/mol. The van der Waals surface area contributed by atoms with Gasteiger partial charge in [-0.2, -0.15) is 0 Å². The third-order valence-corrected chi connectivity index (χ3v) is 6.70. The van der Waals surface area contributed by atoms with Crippen LogP contribution in [0.5, 0.6) is 0 Å². The lowest BCUT2D eigenvalue weighted by Crippen LogP contribution is -1.87. The van der Waals surface area contributed by atoms with Crippen molar-refractivity contribution in [3.63, 3.8) is 0 Å². The number of fused-ring (bicyclic) bond motifs is 3. The molecule has 0 fully saturated rings. The van der Waals surface area contributed by atoms with Gasteiger partial charge in [0.15, 0.2) is 0 Å². The van der Waals surface area contributed by atoms with E-state index >= 15 is 0 Å². The maximum atomic E-state index is 6.08. The molecule has 1 nitrogen and oxygen atoms in total. The van der Waals surface area contributed by atoms with Crippen LogP contribution in [-0.4, -0.2) is 0 Å². The van der Waals surface area contributed by atoms with Crippen molar-refractivity contribution in [2.24, 2.45) is 0 Å². The van der Waals surface area contributed by atoms with Gasteiger partial charge in [-0.25, -0.2) is 0 Å². The Morgan fingerprint density at radius 2 is 0.971 bits per heavy atom. The van der Waals surface area contributed by atoms with Gasteiger partial charge >= 0.3 is 0 Å². The lowest BCUT2D eigenvalue weighted by Gasteiger charge is -2.09. The summed E-state index contributed by atoms with van der Waals surface area (Å²) >= 11 is 0. The number of hydrogen-bond donors (Lipinski definition) is 0. The summed E-state index contributed by atoms with van der Waals surface area (Å²) in [4.78, 5) is 0. The average molecular weight is 439 g/mol. The lowest BCUT2D eigenvalue weighted by atomic mass is 9.95. The Morgan fingerprint density at radius 1 is 0.441 bits per heavy atom. The van der Waals surface area contributed by atoms with Gasteiger partial charge in [-0.1, -0.05) is 105 Å². The molecule has 0 aliphatic rings. The first-order chi connectivity index (χ1) is 16.7. The number of rotatable bonds is 4. The van der Waals surface area contributed by atoms with Crippen LogP contribution < -0.4 is 0 Å². The van der Waals surface area contributed by atoms with Crippen LogP contribution in [-0.2, 0) is 0 Å². The van der Waals surface area contributed by atoms with Gasteiger partial charge < -0.3 is 4.42 Å². The van der Waals surface area contributed by atoms with Gasteiger partial charge in [-0.3, -0.25) is 0 Å². The fourth-order valence-corrected chi connectivity index (χ4v) is 4.70. The average Bonchev–Trinajstić information content (AvgIpc) is 3.27. The third kappa shape index (κ3) is 3.70. The molecule has 34 heavy (non-hydrogen) atoms. The summed E-state index contributed by atoms with van der Waals surface area (Å²) in [6.07, 6.45) is 0. The summed E-state index contributed by atoms with van der Waals surface area (Å²) < 4.78 is 6.08. The summed E-state index contributed by atoms with van der Waals surface area (Å²) in [7, 11) is 0. The van der Waals surface area contributed by atoms with E-state index in [0.717, 1.165) is 27.5 Å². The fraction of sp³-hybridized carbons (Fsp3) is 0.0909. The number of furan rings is 1. The summed E-state index contributed by atoms with van der Waals surface area (Å²) in [5, 5.41) is 2.33. The summed E-state index contributed by atoms with van der Waals surface area (Å²) in [6, 6.07) is 41.2. The van der Waals surface area contributed by atoms with Crippen molar-refractivity contribution in [2.45, 2.75) is 19.8 Å². The predicted octanol–water partition coefficient (Wildman–Crippen LogP) is 9.71. The molecule has 0 bridgehead atoms. The van der Waals surface area contributed by atoms with E-state index in [-0.39, 0.29) is 0 Å². The van der Waals surface area contributed by atoms with Crippen LogP contribution >= 0.6 is 0 Å². The van der Waals surface area contributed by atoms with E-state index in [9.17, 15) is 0 Å². The molecule has 0 radical (unpaired) electrons. The maximum Gasteiger partial charge on any atom is 0.136 e. The van der Waals surface area contributed by atoms with Crippen LogP contribution in [0.1, 0.15) is 25.3 Å². The zero-order chi connectivity index (χ0) is 23.1. The first-order valence-corrected chi connectivity index (χ1v) is 11.9. The van der Waals surface area contributed by atoms with Crippen molar-refractivity contribution in [3.8, 4) is 33.4 Å². The van der Waals surface area contributed by atoms with E-state index in [1.54, 1.807) is 0 Å². The molecule has 0 saturated heterocycles. The minimum atomic E-state index is 0.548. The van der Waals surface area contributed by atoms with E-state index in [1.807, 2.05) is 12.1 Å². The lowest BCUT2D eigenvalue weighted by molar-refractivity contribution is 0.669. The van der Waals surface area contributed by atoms with Crippen LogP contribution in [0.4, 0.5) is 0 Å². The molecular weight excluding hydrogens is 412 g/mol. The van der Waals surface area contributed by atoms with Crippen molar-refractivity contribution >= 4 is 21.9 Å². The van der Waals surface area contributed by atoms with Crippen LogP contribution in [0.2, 0.25) is 0 Å². The Morgan fingerprint density at radius 3 is 1.62 bits per heavy atom. The molecule has 5 aromatic carbocycles. The highest BCUT2D eigenvalue weighted by atomic mass is 16.3. The van der Waals surface area contributed by atoms with Crippen molar-refractivity contribution in [2.75, 3.05) is 0 Å². The largest absolute Gasteiger partial charge is 0.456 e. The quantitative estimate of drug-likeness (QED) is 0.267. The molecule has 0 N–H and O–H groups in total. The van der Waals surface area contributed by atoms with Gasteiger partial charge in [-0.05, 0) is 69.1 Å². The molecular formula is C33H26O. The van der Waals surface area contributed by atoms with Gasteiger partial charge in [0, 0.05) is 10.8 Å². The van der Waals surface area contributed by atoms with Gasteiger partial charge in [-0.15, -0.1) is 0 Å². The van der Waals surface area contributed by atoms with Gasteiger partial charge in [0.2, 0.25) is 0 Å². The molecule has 0 aliphatic carbocycles. The molecule has 6 aromatic rings. The number of benzene rings is 5. The summed E-state index contributed by atoms with van der Waals surface area (Å²) in [5.74, 6) is 0.548. The fourth-order valence-electron chi connectivity index (χ4n) is 4.70. The molecule has 6 rings (SSSR count). The standard InChI is InChI=1S/C33H26O/c1-22(2)23-10-12-24(13-11-23)27-6-5-7-28(20-27)25-14-16-26(17-15-25)29-18-19-31-30-8-3-4-9-32(30)34-33(31)21-29/h3-22H,1-2H3. The zero-order valence-corrected chi connectivity index (χ0v) is 19.5. The van der Waals surface area contributed by atoms with E-state index < -0.39 is 0 Å². The number of para-hydroxylation sites is 1. The molecule has 1 heteroatoms. The molecule has 1 heterocycles. The molecule has 0 aliphatic heterocycles. The van der Waals surface area contributed by atoms with Crippen LogP contribution in [0.15, 0.2) is 120 Å². The van der Waals surface area contributed by atoms with Crippen molar-refractivity contribution in [3.05, 3.63) is 121 Å². The molecule has 0 amide bonds. The Bertz CT molecular complexity index is 1600. The van der Waals surface area contributed by atoms with Gasteiger partial charge in [0.1, 0.15) is 11.2 Å². The minimum Gasteiger partial charge on any atom is -0.456 e. The van der Waals surface area contributed by atoms with Crippen LogP contribution in [0.25, 0.3) is 55.3 Å². The molecule has 0 spiro atoms. The molecule has 0 atom stereocenters. The molecule has 164 valence electrons. The van der Waals surface area contributed by atoms with Crippen molar-refractivity contribution in [1.82, 2.24) is 0 Å². The van der Waals surface area contributed by atoms with E-state index in [0.29, 0.717) is 5.92 Å². The SMILES string of the molecule is CC(C)c1ccc(-c2cccc(-c3ccc(-c4ccc5c(c4)oc4ccccc45)cc3)c2)cc1. The highest BCUT2D eigenvalue weighted by Gasteiger charge is 2.09. The molecule has 0 unspecified atom stereocenters. The Balaban J connectivity index is 1.30. The van der Waals surface area contributed by atoms with E-state index in [1.165, 1.54) is 33.4 Å². The molecule has 1 aromatic heterocycles. The minimum absolute atomic E-state index is 0.548. The Hall–Kier alpha value is -4.10. The second kappa shape index (κ2) is 8.35. The Kier molecular flexibility index (Phi) is 5.04. The second-order valence-electron chi connectivity index (χ2n) is 9.24. The summed E-state index contributed by atoms with van der Waals surface area (Å²) in [5.41, 5.74) is 10.5. The highest BCUT2D eigenvalue weighted by molar-refractivity contribution is 6.05. The topological polar surface area (TPSA) is 13.1 Å². The number of hydrogen-bond acceptors (Lipinski definition) is 1. The highest BCUT2D eigenvalue weighted by Crippen LogP contribution is 2.33. The smallest absolute Gasteiger partial charge is 0.136 e. The maximum absolute atomic E-state index is 6.08. The normalized spacial score (nSPS) is 11.5. The van der Waals surface area contributed by atoms with E-state index in [4.69, 9.17) is 4.42 Å².